The van der Waals surface area contributed by atoms with Crippen molar-refractivity contribution >= 4 is 15.9 Å². The quantitative estimate of drug-likeness (QED) is 0.639. The molecule has 0 spiro atoms. The first-order valence-electron chi connectivity index (χ1n) is 6.05. The number of hydrogen-bond acceptors (Lipinski definition) is 1. The van der Waals surface area contributed by atoms with Crippen molar-refractivity contribution in [1.82, 2.24) is 0 Å². The second-order valence-electron chi connectivity index (χ2n) is 5.66. The zero-order valence-electron chi connectivity index (χ0n) is 10.7. The largest absolute Gasteiger partial charge is 0.482 e. The van der Waals surface area contributed by atoms with Crippen molar-refractivity contribution in [3.05, 3.63) is 39.4 Å². The predicted octanol–water partition coefficient (Wildman–Crippen LogP) is 4.52. The Morgan fingerprint density at radius 2 is 1.94 bits per heavy atom. The molecule has 1 aromatic carbocycles. The van der Waals surface area contributed by atoms with Crippen LogP contribution in [0.1, 0.15) is 38.3 Å². The van der Waals surface area contributed by atoms with Gasteiger partial charge in [-0.3, -0.25) is 0 Å². The van der Waals surface area contributed by atoms with Crippen molar-refractivity contribution in [2.45, 2.75) is 45.1 Å². The summed E-state index contributed by atoms with van der Waals surface area (Å²) in [6, 6.07) is 4.39. The molecule has 0 bridgehead atoms. The Morgan fingerprint density at radius 3 is 2.65 bits per heavy atom. The summed E-state index contributed by atoms with van der Waals surface area (Å²) in [5.41, 5.74) is 3.85. The van der Waals surface area contributed by atoms with Gasteiger partial charge >= 0.3 is 0 Å². The molecule has 17 heavy (non-hydrogen) atoms. The van der Waals surface area contributed by atoms with Crippen LogP contribution in [0.25, 0.3) is 0 Å². The third kappa shape index (κ3) is 1.20. The smallest absolute Gasteiger partial charge is 0.137 e. The Bertz CT molecular complexity index is 546. The first kappa shape index (κ1) is 11.3. The fraction of sp³-hybridized carbons (Fsp3) is 0.467. The lowest BCUT2D eigenvalue weighted by Gasteiger charge is -2.35. The van der Waals surface area contributed by atoms with E-state index in [2.05, 4.69) is 61.8 Å². The van der Waals surface area contributed by atoms with Crippen molar-refractivity contribution < 1.29 is 4.74 Å². The lowest BCUT2D eigenvalue weighted by molar-refractivity contribution is 0.0945. The molecule has 1 aliphatic heterocycles. The molecule has 0 aromatic heterocycles. The summed E-state index contributed by atoms with van der Waals surface area (Å²) >= 11 is 3.63. The maximum Gasteiger partial charge on any atom is 0.137 e. The van der Waals surface area contributed by atoms with Crippen LogP contribution in [-0.4, -0.2) is 5.60 Å². The van der Waals surface area contributed by atoms with Gasteiger partial charge in [-0.1, -0.05) is 28.9 Å². The molecule has 1 nitrogen and oxygen atoms in total. The van der Waals surface area contributed by atoms with Gasteiger partial charge in [0.15, 0.2) is 0 Å². The van der Waals surface area contributed by atoms with Gasteiger partial charge < -0.3 is 4.74 Å². The molecular weight excluding hydrogens is 276 g/mol. The van der Waals surface area contributed by atoms with Gasteiger partial charge in [-0.05, 0) is 50.5 Å². The highest BCUT2D eigenvalue weighted by atomic mass is 79.9. The third-order valence-electron chi connectivity index (χ3n) is 4.79. The van der Waals surface area contributed by atoms with E-state index in [-0.39, 0.29) is 11.0 Å². The summed E-state index contributed by atoms with van der Waals surface area (Å²) in [5, 5.41) is 0. The average molecular weight is 293 g/mol. The number of aryl methyl sites for hydroxylation is 1. The standard InChI is InChI=1S/C15H17BrO/c1-9-7-13-11(8-12(9)16)14(3)6-5-10(2)15(14,4)17-13/h5,7-8H,6H2,1-4H3. The van der Waals surface area contributed by atoms with Gasteiger partial charge in [-0.25, -0.2) is 0 Å². The SMILES string of the molecule is CC1=CCC2(C)c3cc(Br)c(C)cc3OC12C. The molecule has 3 rings (SSSR count). The Balaban J connectivity index is 2.24. The Morgan fingerprint density at radius 1 is 1.24 bits per heavy atom. The molecule has 1 aromatic rings. The molecule has 0 radical (unpaired) electrons. The van der Waals surface area contributed by atoms with Gasteiger partial charge in [0.05, 0.1) is 0 Å². The van der Waals surface area contributed by atoms with Crippen LogP contribution in [0.15, 0.2) is 28.3 Å². The molecule has 2 atom stereocenters. The molecule has 0 fully saturated rings. The average Bonchev–Trinajstić information content (AvgIpc) is 2.61. The van der Waals surface area contributed by atoms with E-state index in [0.29, 0.717) is 0 Å². The minimum atomic E-state index is -0.164. The zero-order chi connectivity index (χ0) is 12.4. The van der Waals surface area contributed by atoms with E-state index in [9.17, 15) is 0 Å². The molecule has 2 heteroatoms. The molecule has 0 saturated carbocycles. The van der Waals surface area contributed by atoms with Crippen molar-refractivity contribution in [2.75, 3.05) is 0 Å². The van der Waals surface area contributed by atoms with E-state index in [1.54, 1.807) is 0 Å². The van der Waals surface area contributed by atoms with Crippen molar-refractivity contribution in [3.63, 3.8) is 0 Å². The van der Waals surface area contributed by atoms with Gasteiger partial charge in [-0.2, -0.15) is 0 Å². The second-order valence-corrected chi connectivity index (χ2v) is 6.51. The highest BCUT2D eigenvalue weighted by molar-refractivity contribution is 9.10. The molecular formula is C15H17BrO. The van der Waals surface area contributed by atoms with E-state index in [0.717, 1.165) is 12.2 Å². The molecule has 0 N–H and O–H groups in total. The van der Waals surface area contributed by atoms with E-state index < -0.39 is 0 Å². The highest BCUT2D eigenvalue weighted by Crippen LogP contribution is 2.58. The van der Waals surface area contributed by atoms with Crippen molar-refractivity contribution in [3.8, 4) is 5.75 Å². The van der Waals surface area contributed by atoms with E-state index in [1.807, 2.05) is 0 Å². The molecule has 0 amide bonds. The number of fused-ring (bicyclic) bond motifs is 3. The van der Waals surface area contributed by atoms with Crippen LogP contribution < -0.4 is 4.74 Å². The number of rotatable bonds is 0. The number of benzene rings is 1. The molecule has 1 heterocycles. The van der Waals surface area contributed by atoms with Crippen molar-refractivity contribution in [1.29, 1.82) is 0 Å². The first-order chi connectivity index (χ1) is 7.88. The monoisotopic (exact) mass is 292 g/mol. The lowest BCUT2D eigenvalue weighted by Crippen LogP contribution is -2.44. The van der Waals surface area contributed by atoms with Crippen LogP contribution in [0.5, 0.6) is 5.75 Å². The van der Waals surface area contributed by atoms with Crippen LogP contribution in [0.2, 0.25) is 0 Å². The topological polar surface area (TPSA) is 9.23 Å². The van der Waals surface area contributed by atoms with Gasteiger partial charge in [-0.15, -0.1) is 0 Å². The summed E-state index contributed by atoms with van der Waals surface area (Å²) < 4.78 is 7.46. The molecule has 1 aliphatic carbocycles. The zero-order valence-corrected chi connectivity index (χ0v) is 12.3. The minimum Gasteiger partial charge on any atom is -0.482 e. The van der Waals surface area contributed by atoms with Crippen LogP contribution >= 0.6 is 15.9 Å². The first-order valence-corrected chi connectivity index (χ1v) is 6.85. The molecule has 2 unspecified atom stereocenters. The van der Waals surface area contributed by atoms with Gasteiger partial charge in [0.25, 0.3) is 0 Å². The number of halogens is 1. The summed E-state index contributed by atoms with van der Waals surface area (Å²) in [6.07, 6.45) is 3.38. The number of hydrogen-bond donors (Lipinski definition) is 0. The van der Waals surface area contributed by atoms with E-state index >= 15 is 0 Å². The van der Waals surface area contributed by atoms with Crippen LogP contribution in [0, 0.1) is 6.92 Å². The summed E-state index contributed by atoms with van der Waals surface area (Å²) in [6.45, 7) is 8.82. The fourth-order valence-electron chi connectivity index (χ4n) is 3.13. The second kappa shape index (κ2) is 3.17. The number of ether oxygens (including phenoxy) is 1. The van der Waals surface area contributed by atoms with E-state index in [4.69, 9.17) is 4.74 Å². The maximum atomic E-state index is 6.28. The summed E-state index contributed by atoms with van der Waals surface area (Å²) in [5.74, 6) is 1.06. The number of allylic oxidation sites excluding steroid dienone is 1. The minimum absolute atomic E-state index is 0.0859. The Labute approximate surface area is 111 Å². The fourth-order valence-corrected chi connectivity index (χ4v) is 3.48. The molecule has 2 aliphatic rings. The van der Waals surface area contributed by atoms with Crippen molar-refractivity contribution in [2.24, 2.45) is 0 Å². The Hall–Kier alpha value is -0.760. The highest BCUT2D eigenvalue weighted by Gasteiger charge is 2.57. The molecule has 0 saturated heterocycles. The summed E-state index contributed by atoms with van der Waals surface area (Å²) in [4.78, 5) is 0. The normalized spacial score (nSPS) is 34.1. The van der Waals surface area contributed by atoms with Gasteiger partial charge in [0, 0.05) is 15.5 Å². The van der Waals surface area contributed by atoms with Crippen LogP contribution in [0.3, 0.4) is 0 Å². The Kier molecular flexibility index (Phi) is 2.11. The van der Waals surface area contributed by atoms with Gasteiger partial charge in [0.1, 0.15) is 11.4 Å². The van der Waals surface area contributed by atoms with Crippen LogP contribution in [0.4, 0.5) is 0 Å². The van der Waals surface area contributed by atoms with E-state index in [1.165, 1.54) is 21.2 Å². The van der Waals surface area contributed by atoms with Gasteiger partial charge in [0.2, 0.25) is 0 Å². The summed E-state index contributed by atoms with van der Waals surface area (Å²) in [7, 11) is 0. The predicted molar refractivity (Wildman–Crippen MR) is 73.6 cm³/mol. The lowest BCUT2D eigenvalue weighted by atomic mass is 9.71. The maximum absolute atomic E-state index is 6.28. The third-order valence-corrected chi connectivity index (χ3v) is 5.65. The van der Waals surface area contributed by atoms with Crippen LogP contribution in [-0.2, 0) is 5.41 Å². The molecule has 90 valence electrons.